The fraction of sp³-hybridized carbons (Fsp3) is 0.0870. The van der Waals surface area contributed by atoms with Gasteiger partial charge in [0, 0.05) is 11.8 Å². The number of nitrogens with zero attached hydrogens (tertiary/aromatic N) is 2. The van der Waals surface area contributed by atoms with Crippen LogP contribution in [-0.2, 0) is 0 Å². The maximum absolute atomic E-state index is 12.5. The van der Waals surface area contributed by atoms with Crippen LogP contribution in [0.4, 0.5) is 5.13 Å². The molecule has 0 bridgehead atoms. The Balaban J connectivity index is 1.76. The van der Waals surface area contributed by atoms with E-state index in [2.05, 4.69) is 42.3 Å². The molecule has 2 aromatic carbocycles. The zero-order valence-electron chi connectivity index (χ0n) is 15.6. The maximum atomic E-state index is 12.5. The lowest BCUT2D eigenvalue weighted by atomic mass is 10.0. The zero-order chi connectivity index (χ0) is 19.5. The molecule has 0 fully saturated rings. The highest BCUT2D eigenvalue weighted by Crippen LogP contribution is 2.39. The number of aromatic nitrogens is 2. The lowest BCUT2D eigenvalue weighted by molar-refractivity contribution is 0.102. The van der Waals surface area contributed by atoms with Crippen LogP contribution in [0.25, 0.3) is 21.7 Å². The lowest BCUT2D eigenvalue weighted by Crippen LogP contribution is -2.13. The molecular weight excluding hydrogens is 366 g/mol. The van der Waals surface area contributed by atoms with Gasteiger partial charge in [-0.3, -0.25) is 15.1 Å². The summed E-state index contributed by atoms with van der Waals surface area (Å²) in [5.74, 6) is -0.263. The highest BCUT2D eigenvalue weighted by Gasteiger charge is 2.17. The Labute approximate surface area is 167 Å². The molecule has 0 atom stereocenters. The summed E-state index contributed by atoms with van der Waals surface area (Å²) in [5, 5.41) is 3.45. The monoisotopic (exact) mass is 385 g/mol. The molecule has 1 amide bonds. The van der Waals surface area contributed by atoms with Crippen molar-refractivity contribution in [2.75, 3.05) is 5.32 Å². The summed E-state index contributed by atoms with van der Waals surface area (Å²) in [6.45, 7) is 4.20. The molecule has 0 unspecified atom stereocenters. The van der Waals surface area contributed by atoms with Crippen LogP contribution in [0.5, 0.6) is 0 Å². The van der Waals surface area contributed by atoms with Crippen LogP contribution in [0.15, 0.2) is 72.9 Å². The van der Waals surface area contributed by atoms with Crippen LogP contribution >= 0.6 is 11.3 Å². The molecular formula is C23H19N3OS. The molecule has 0 radical (unpaired) electrons. The molecule has 4 nitrogen and oxygen atoms in total. The van der Waals surface area contributed by atoms with Crippen molar-refractivity contribution in [2.45, 2.75) is 13.8 Å². The number of aryl methyl sites for hydroxylation is 2. The van der Waals surface area contributed by atoms with E-state index in [-0.39, 0.29) is 5.91 Å². The molecule has 0 saturated carbocycles. The van der Waals surface area contributed by atoms with Crippen LogP contribution in [0.3, 0.4) is 0 Å². The molecule has 4 rings (SSSR count). The average Bonchev–Trinajstić information content (AvgIpc) is 3.15. The molecule has 0 aliphatic carbocycles. The molecule has 0 spiro atoms. The number of anilines is 1. The van der Waals surface area contributed by atoms with Crippen LogP contribution in [0.1, 0.15) is 21.6 Å². The van der Waals surface area contributed by atoms with Crippen molar-refractivity contribution < 1.29 is 4.79 Å². The number of carbonyl (C=O) groups is 1. The predicted molar refractivity (Wildman–Crippen MR) is 115 cm³/mol. The second-order valence-corrected chi connectivity index (χ2v) is 7.53. The Morgan fingerprint density at radius 3 is 2.39 bits per heavy atom. The van der Waals surface area contributed by atoms with Gasteiger partial charge in [0.15, 0.2) is 5.13 Å². The average molecular weight is 385 g/mol. The van der Waals surface area contributed by atoms with Crippen molar-refractivity contribution in [1.29, 1.82) is 0 Å². The minimum atomic E-state index is -0.263. The van der Waals surface area contributed by atoms with Gasteiger partial charge in [0.1, 0.15) is 5.69 Å². The third kappa shape index (κ3) is 3.70. The molecule has 0 saturated heterocycles. The minimum Gasteiger partial charge on any atom is -0.296 e. The number of benzene rings is 2. The third-order valence-electron chi connectivity index (χ3n) is 4.56. The van der Waals surface area contributed by atoms with Gasteiger partial charge >= 0.3 is 0 Å². The van der Waals surface area contributed by atoms with E-state index in [1.807, 2.05) is 30.3 Å². The molecule has 138 valence electrons. The molecule has 0 aliphatic heterocycles. The third-order valence-corrected chi connectivity index (χ3v) is 5.58. The van der Waals surface area contributed by atoms with E-state index in [0.29, 0.717) is 10.8 Å². The maximum Gasteiger partial charge on any atom is 0.276 e. The second kappa shape index (κ2) is 7.74. The first kappa shape index (κ1) is 18.1. The molecule has 2 aromatic heterocycles. The lowest BCUT2D eigenvalue weighted by Gasteiger charge is -2.05. The van der Waals surface area contributed by atoms with E-state index in [1.54, 1.807) is 24.4 Å². The smallest absolute Gasteiger partial charge is 0.276 e. The highest BCUT2D eigenvalue weighted by atomic mass is 32.1. The molecule has 2 heterocycles. The fourth-order valence-electron chi connectivity index (χ4n) is 2.90. The summed E-state index contributed by atoms with van der Waals surface area (Å²) >= 11 is 1.47. The summed E-state index contributed by atoms with van der Waals surface area (Å²) in [7, 11) is 0. The van der Waals surface area contributed by atoms with E-state index in [4.69, 9.17) is 4.98 Å². The van der Waals surface area contributed by atoms with Crippen LogP contribution in [0.2, 0.25) is 0 Å². The van der Waals surface area contributed by atoms with Crippen LogP contribution < -0.4 is 5.32 Å². The number of hydrogen-bond acceptors (Lipinski definition) is 4. The van der Waals surface area contributed by atoms with E-state index < -0.39 is 0 Å². The van der Waals surface area contributed by atoms with Crippen molar-refractivity contribution in [3.8, 4) is 21.7 Å². The van der Waals surface area contributed by atoms with Gasteiger partial charge in [-0.15, -0.1) is 0 Å². The van der Waals surface area contributed by atoms with E-state index in [9.17, 15) is 4.79 Å². The Hall–Kier alpha value is -3.31. The van der Waals surface area contributed by atoms with Crippen molar-refractivity contribution >= 4 is 22.4 Å². The van der Waals surface area contributed by atoms with Crippen LogP contribution in [0, 0.1) is 13.8 Å². The Kier molecular flexibility index (Phi) is 5.00. The first-order valence-corrected chi connectivity index (χ1v) is 9.80. The van der Waals surface area contributed by atoms with Gasteiger partial charge in [-0.2, -0.15) is 0 Å². The van der Waals surface area contributed by atoms with Gasteiger partial charge in [-0.1, -0.05) is 65.9 Å². The number of nitrogens with one attached hydrogen (secondary N) is 1. The first-order chi connectivity index (χ1) is 13.6. The van der Waals surface area contributed by atoms with E-state index in [0.717, 1.165) is 21.7 Å². The first-order valence-electron chi connectivity index (χ1n) is 8.98. The van der Waals surface area contributed by atoms with Crippen molar-refractivity contribution in [2.24, 2.45) is 0 Å². The fourth-order valence-corrected chi connectivity index (χ4v) is 3.88. The van der Waals surface area contributed by atoms with Gasteiger partial charge in [0.2, 0.25) is 0 Å². The van der Waals surface area contributed by atoms with E-state index >= 15 is 0 Å². The quantitative estimate of drug-likeness (QED) is 0.487. The molecule has 5 heteroatoms. The Bertz CT molecular complexity index is 1120. The SMILES string of the molecule is Cc1ccc(-c2sc(NC(=O)c3ccccn3)nc2-c2ccccc2)cc1C. The Morgan fingerprint density at radius 1 is 0.893 bits per heavy atom. The summed E-state index contributed by atoms with van der Waals surface area (Å²) in [6, 6.07) is 21.7. The number of pyridine rings is 1. The molecule has 1 N–H and O–H groups in total. The number of hydrogen-bond donors (Lipinski definition) is 1. The van der Waals surface area contributed by atoms with Gasteiger partial charge < -0.3 is 0 Å². The normalized spacial score (nSPS) is 10.6. The van der Waals surface area contributed by atoms with Gasteiger partial charge in [0.05, 0.1) is 10.6 Å². The Morgan fingerprint density at radius 2 is 1.68 bits per heavy atom. The largest absolute Gasteiger partial charge is 0.296 e. The second-order valence-electron chi connectivity index (χ2n) is 6.53. The van der Waals surface area contributed by atoms with Crippen molar-refractivity contribution in [1.82, 2.24) is 9.97 Å². The van der Waals surface area contributed by atoms with Gasteiger partial charge in [0.25, 0.3) is 5.91 Å². The predicted octanol–water partition coefficient (Wildman–Crippen LogP) is 5.74. The number of thiazole rings is 1. The van der Waals surface area contributed by atoms with Crippen molar-refractivity contribution in [3.05, 3.63) is 89.7 Å². The van der Waals surface area contributed by atoms with E-state index in [1.165, 1.54) is 22.5 Å². The standard InChI is InChI=1S/C23H19N3OS/c1-15-11-12-18(14-16(15)2)21-20(17-8-4-3-5-9-17)25-23(28-21)26-22(27)19-10-6-7-13-24-19/h3-14H,1-2H3,(H,25,26,27). The van der Waals surface area contributed by atoms with Crippen molar-refractivity contribution in [3.63, 3.8) is 0 Å². The topological polar surface area (TPSA) is 54.9 Å². The highest BCUT2D eigenvalue weighted by molar-refractivity contribution is 7.19. The molecule has 28 heavy (non-hydrogen) atoms. The van der Waals surface area contributed by atoms with Gasteiger partial charge in [-0.05, 0) is 42.7 Å². The van der Waals surface area contributed by atoms with Crippen LogP contribution in [-0.4, -0.2) is 15.9 Å². The van der Waals surface area contributed by atoms with Gasteiger partial charge in [-0.25, -0.2) is 4.98 Å². The number of rotatable bonds is 4. The zero-order valence-corrected chi connectivity index (χ0v) is 16.5. The molecule has 0 aliphatic rings. The summed E-state index contributed by atoms with van der Waals surface area (Å²) in [5.41, 5.74) is 5.82. The number of carbonyl (C=O) groups excluding carboxylic acids is 1. The summed E-state index contributed by atoms with van der Waals surface area (Å²) < 4.78 is 0. The minimum absolute atomic E-state index is 0.263. The summed E-state index contributed by atoms with van der Waals surface area (Å²) in [6.07, 6.45) is 1.60. The molecule has 4 aromatic rings. The summed E-state index contributed by atoms with van der Waals surface area (Å²) in [4.78, 5) is 22.4. The number of amides is 1.